The summed E-state index contributed by atoms with van der Waals surface area (Å²) in [7, 11) is 3.25. The van der Waals surface area contributed by atoms with Gasteiger partial charge >= 0.3 is 0 Å². The molecule has 0 fully saturated rings. The summed E-state index contributed by atoms with van der Waals surface area (Å²) < 4.78 is 25.6. The first-order valence-electron chi connectivity index (χ1n) is 10.5. The van der Waals surface area contributed by atoms with Gasteiger partial charge in [-0.1, -0.05) is 18.1 Å². The van der Waals surface area contributed by atoms with Crippen molar-refractivity contribution >= 4 is 34.6 Å². The fourth-order valence-corrected chi connectivity index (χ4v) is 3.95. The van der Waals surface area contributed by atoms with Crippen LogP contribution in [0.25, 0.3) is 11.0 Å². The van der Waals surface area contributed by atoms with Crippen molar-refractivity contribution in [3.8, 4) is 23.8 Å². The number of carbonyl (C=O) groups is 1. The largest absolute Gasteiger partial charge is 0.496 e. The SMILES string of the molecule is C#CC(=O)NCCCOCc1cc(OC)c2c(NSc3cc(CC)ccc3OC)noc2c1. The number of hydrogen-bond acceptors (Lipinski definition) is 8. The lowest BCUT2D eigenvalue weighted by Gasteiger charge is -2.11. The third kappa shape index (κ3) is 6.34. The Labute approximate surface area is 197 Å². The van der Waals surface area contributed by atoms with Gasteiger partial charge in [-0.15, -0.1) is 6.42 Å². The number of amides is 1. The van der Waals surface area contributed by atoms with Crippen LogP contribution < -0.4 is 19.5 Å². The summed E-state index contributed by atoms with van der Waals surface area (Å²) in [6, 6.07) is 9.87. The minimum absolute atomic E-state index is 0.370. The van der Waals surface area contributed by atoms with Crippen LogP contribution in [0.5, 0.6) is 11.5 Å². The Bertz CT molecular complexity index is 1140. The van der Waals surface area contributed by atoms with Crippen LogP contribution in [-0.4, -0.2) is 38.4 Å². The molecule has 0 spiro atoms. The van der Waals surface area contributed by atoms with Crippen molar-refractivity contribution < 1.29 is 23.5 Å². The highest BCUT2D eigenvalue weighted by molar-refractivity contribution is 8.00. The summed E-state index contributed by atoms with van der Waals surface area (Å²) in [6.45, 7) is 3.42. The molecule has 0 aliphatic heterocycles. The van der Waals surface area contributed by atoms with E-state index in [1.165, 1.54) is 17.5 Å². The molecular formula is C24H27N3O5S. The van der Waals surface area contributed by atoms with Gasteiger partial charge in [0, 0.05) is 13.2 Å². The zero-order chi connectivity index (χ0) is 23.6. The number of methoxy groups -OCH3 is 2. The molecule has 0 saturated heterocycles. The van der Waals surface area contributed by atoms with Crippen molar-refractivity contribution in [2.24, 2.45) is 0 Å². The van der Waals surface area contributed by atoms with Crippen molar-refractivity contribution in [2.45, 2.75) is 31.3 Å². The van der Waals surface area contributed by atoms with Crippen LogP contribution in [-0.2, 0) is 22.6 Å². The number of aryl methyl sites for hydroxylation is 1. The average molecular weight is 470 g/mol. The van der Waals surface area contributed by atoms with E-state index in [0.29, 0.717) is 43.3 Å². The second kappa shape index (κ2) is 12.0. The maximum atomic E-state index is 11.0. The summed E-state index contributed by atoms with van der Waals surface area (Å²) >= 11 is 1.40. The molecule has 0 bridgehead atoms. The standard InChI is InChI=1S/C24H27N3O5S/c1-5-16-8-9-18(29-3)21(14-16)33-27-24-23-19(30-4)12-17(13-20(23)32-26-24)15-31-11-7-10-25-22(28)6-2/h2,8-9,12-14H,5,7,10-11,15H2,1,3-4H3,(H,25,28)(H,26,27). The summed E-state index contributed by atoms with van der Waals surface area (Å²) in [4.78, 5) is 12.0. The molecule has 1 heterocycles. The number of aromatic nitrogens is 1. The number of carbonyl (C=O) groups excluding carboxylic acids is 1. The number of nitrogens with zero attached hydrogens (tertiary/aromatic N) is 1. The molecule has 2 N–H and O–H groups in total. The molecule has 3 aromatic rings. The Morgan fingerprint density at radius 2 is 2.00 bits per heavy atom. The van der Waals surface area contributed by atoms with E-state index in [-0.39, 0.29) is 0 Å². The second-order valence-corrected chi connectivity index (χ2v) is 7.90. The number of anilines is 1. The number of nitrogens with one attached hydrogen (secondary N) is 2. The van der Waals surface area contributed by atoms with Crippen molar-refractivity contribution in [1.82, 2.24) is 10.5 Å². The number of benzene rings is 2. The first-order valence-corrected chi connectivity index (χ1v) is 11.3. The third-order valence-corrected chi connectivity index (χ3v) is 5.70. The van der Waals surface area contributed by atoms with Gasteiger partial charge in [0.25, 0.3) is 5.91 Å². The first kappa shape index (κ1) is 24.3. The Hall–Kier alpha value is -3.35. The Morgan fingerprint density at radius 3 is 2.73 bits per heavy atom. The summed E-state index contributed by atoms with van der Waals surface area (Å²) in [5.74, 6) is 3.56. The van der Waals surface area contributed by atoms with Crippen LogP contribution in [0.1, 0.15) is 24.5 Å². The number of terminal acetylenes is 1. The van der Waals surface area contributed by atoms with Crippen molar-refractivity contribution in [3.63, 3.8) is 0 Å². The van der Waals surface area contributed by atoms with Crippen LogP contribution in [0.3, 0.4) is 0 Å². The summed E-state index contributed by atoms with van der Waals surface area (Å²) in [5, 5.41) is 7.52. The molecule has 8 nitrogen and oxygen atoms in total. The van der Waals surface area contributed by atoms with E-state index in [2.05, 4.69) is 34.3 Å². The quantitative estimate of drug-likeness (QED) is 0.232. The minimum Gasteiger partial charge on any atom is -0.496 e. The van der Waals surface area contributed by atoms with Gasteiger partial charge in [0.05, 0.1) is 25.7 Å². The molecule has 1 aromatic heterocycles. The molecule has 174 valence electrons. The van der Waals surface area contributed by atoms with E-state index in [4.69, 9.17) is 25.2 Å². The number of rotatable bonds is 12. The van der Waals surface area contributed by atoms with E-state index in [9.17, 15) is 4.79 Å². The van der Waals surface area contributed by atoms with Crippen LogP contribution in [0.15, 0.2) is 39.8 Å². The highest BCUT2D eigenvalue weighted by atomic mass is 32.2. The molecular weight excluding hydrogens is 442 g/mol. The van der Waals surface area contributed by atoms with Crippen molar-refractivity contribution in [3.05, 3.63) is 41.5 Å². The monoisotopic (exact) mass is 469 g/mol. The van der Waals surface area contributed by atoms with Gasteiger partial charge in [-0.2, -0.15) is 0 Å². The fraction of sp³-hybridized carbons (Fsp3) is 0.333. The zero-order valence-corrected chi connectivity index (χ0v) is 19.7. The molecule has 0 atom stereocenters. The van der Waals surface area contributed by atoms with Crippen LogP contribution >= 0.6 is 11.9 Å². The van der Waals surface area contributed by atoms with E-state index in [1.54, 1.807) is 14.2 Å². The number of ether oxygens (including phenoxy) is 3. The second-order valence-electron chi connectivity index (χ2n) is 7.05. The normalized spacial score (nSPS) is 10.6. The van der Waals surface area contributed by atoms with Crippen molar-refractivity contribution in [1.29, 1.82) is 0 Å². The van der Waals surface area contributed by atoms with Gasteiger partial charge in [0.1, 0.15) is 16.9 Å². The van der Waals surface area contributed by atoms with Gasteiger partial charge in [-0.25, -0.2) is 0 Å². The Balaban J connectivity index is 1.66. The molecule has 3 rings (SSSR count). The lowest BCUT2D eigenvalue weighted by atomic mass is 10.1. The molecule has 2 aromatic carbocycles. The molecule has 0 unspecified atom stereocenters. The van der Waals surface area contributed by atoms with E-state index < -0.39 is 5.91 Å². The Morgan fingerprint density at radius 1 is 1.18 bits per heavy atom. The van der Waals surface area contributed by atoms with Gasteiger partial charge < -0.3 is 28.8 Å². The molecule has 1 amide bonds. The van der Waals surface area contributed by atoms with Gasteiger partial charge in [0.2, 0.25) is 0 Å². The zero-order valence-electron chi connectivity index (χ0n) is 18.9. The molecule has 9 heteroatoms. The van der Waals surface area contributed by atoms with Crippen LogP contribution in [0.2, 0.25) is 0 Å². The topological polar surface area (TPSA) is 94.9 Å². The van der Waals surface area contributed by atoms with Gasteiger partial charge in [-0.05, 0) is 66.1 Å². The average Bonchev–Trinajstić information content (AvgIpc) is 3.26. The first-order chi connectivity index (χ1) is 16.1. The Kier molecular flexibility index (Phi) is 8.87. The molecule has 0 aliphatic carbocycles. The predicted octanol–water partition coefficient (Wildman–Crippen LogP) is 4.18. The summed E-state index contributed by atoms with van der Waals surface area (Å²) in [6.07, 6.45) is 6.60. The van der Waals surface area contributed by atoms with E-state index in [1.807, 2.05) is 24.1 Å². The number of fused-ring (bicyclic) bond motifs is 1. The van der Waals surface area contributed by atoms with Crippen LogP contribution in [0.4, 0.5) is 5.82 Å². The van der Waals surface area contributed by atoms with Gasteiger partial charge in [-0.3, -0.25) is 4.79 Å². The maximum absolute atomic E-state index is 11.0. The molecule has 0 saturated carbocycles. The fourth-order valence-electron chi connectivity index (χ4n) is 3.15. The lowest BCUT2D eigenvalue weighted by Crippen LogP contribution is -2.23. The smallest absolute Gasteiger partial charge is 0.295 e. The molecule has 0 radical (unpaired) electrons. The van der Waals surface area contributed by atoms with Gasteiger partial charge in [0.15, 0.2) is 11.4 Å². The predicted molar refractivity (Wildman–Crippen MR) is 129 cm³/mol. The lowest BCUT2D eigenvalue weighted by molar-refractivity contribution is -0.115. The highest BCUT2D eigenvalue weighted by Crippen LogP contribution is 2.37. The van der Waals surface area contributed by atoms with Crippen LogP contribution in [0, 0.1) is 12.3 Å². The summed E-state index contributed by atoms with van der Waals surface area (Å²) in [5.41, 5.74) is 2.69. The van der Waals surface area contributed by atoms with E-state index >= 15 is 0 Å². The minimum atomic E-state index is -0.422. The maximum Gasteiger partial charge on any atom is 0.295 e. The molecule has 33 heavy (non-hydrogen) atoms. The van der Waals surface area contributed by atoms with E-state index in [0.717, 1.165) is 28.0 Å². The molecule has 0 aliphatic rings. The number of hydrogen-bond donors (Lipinski definition) is 2. The highest BCUT2D eigenvalue weighted by Gasteiger charge is 2.16. The third-order valence-electron chi connectivity index (χ3n) is 4.86. The van der Waals surface area contributed by atoms with Crippen molar-refractivity contribution in [2.75, 3.05) is 32.1 Å².